The molecule has 0 N–H and O–H groups in total. The van der Waals surface area contributed by atoms with Crippen molar-refractivity contribution < 1.29 is 4.42 Å². The Morgan fingerprint density at radius 1 is 0.397 bits per heavy atom. The first-order chi connectivity index (χ1) is 28.7. The number of oxazole rings is 1. The molecule has 0 radical (unpaired) electrons. The number of hydrogen-bond donors (Lipinski definition) is 0. The van der Waals surface area contributed by atoms with E-state index < -0.39 is 0 Å². The first-order valence-electron chi connectivity index (χ1n) is 19.3. The zero-order valence-electron chi connectivity index (χ0n) is 31.2. The Morgan fingerprint density at radius 2 is 1.05 bits per heavy atom. The molecule has 7 aromatic carbocycles. The number of aromatic nitrogens is 4. The molecule has 4 heterocycles. The Kier molecular flexibility index (Phi) is 8.04. The molecule has 11 rings (SSSR count). The van der Waals surface area contributed by atoms with E-state index in [2.05, 4.69) is 144 Å². The van der Waals surface area contributed by atoms with Crippen molar-refractivity contribution in [2.45, 2.75) is 0 Å². The van der Waals surface area contributed by atoms with Crippen LogP contribution in [0.1, 0.15) is 0 Å². The van der Waals surface area contributed by atoms with Crippen LogP contribution in [-0.4, -0.2) is 19.9 Å². The van der Waals surface area contributed by atoms with Crippen LogP contribution < -0.4 is 4.90 Å². The minimum atomic E-state index is 0.596. The summed E-state index contributed by atoms with van der Waals surface area (Å²) in [5.41, 5.74) is 13.4. The van der Waals surface area contributed by atoms with Crippen LogP contribution in [0.3, 0.4) is 0 Å². The first-order valence-corrected chi connectivity index (χ1v) is 19.3. The SMILES string of the molecule is c1ccc(-c2cc(-c3ccc(N(c4ccc(-c5nc6ccccc6o5)cc4)c4ccc5cc(-c6cc7ccccc7cn6)ccc5c4)cc3)nc3cccnc23)cc1. The van der Waals surface area contributed by atoms with E-state index in [1.807, 2.05) is 60.9 Å². The largest absolute Gasteiger partial charge is 0.436 e. The van der Waals surface area contributed by atoms with Gasteiger partial charge in [-0.05, 0) is 113 Å². The van der Waals surface area contributed by atoms with Crippen molar-refractivity contribution in [1.82, 2.24) is 19.9 Å². The van der Waals surface area contributed by atoms with Crippen molar-refractivity contribution in [3.8, 4) is 45.1 Å². The number of para-hydroxylation sites is 2. The molecule has 0 amide bonds. The summed E-state index contributed by atoms with van der Waals surface area (Å²) in [5, 5.41) is 4.59. The number of nitrogens with zero attached hydrogens (tertiary/aromatic N) is 5. The van der Waals surface area contributed by atoms with Gasteiger partial charge in [0, 0.05) is 57.1 Å². The van der Waals surface area contributed by atoms with Gasteiger partial charge in [-0.15, -0.1) is 0 Å². The molecule has 11 aromatic rings. The number of benzene rings is 7. The predicted molar refractivity (Wildman–Crippen MR) is 236 cm³/mol. The number of fused-ring (bicyclic) bond motifs is 4. The van der Waals surface area contributed by atoms with Crippen LogP contribution in [0, 0.1) is 0 Å². The lowest BCUT2D eigenvalue weighted by molar-refractivity contribution is 0.620. The lowest BCUT2D eigenvalue weighted by Crippen LogP contribution is -2.10. The predicted octanol–water partition coefficient (Wildman–Crippen LogP) is 13.6. The zero-order valence-corrected chi connectivity index (χ0v) is 31.2. The maximum atomic E-state index is 6.11. The Hall–Kier alpha value is -7.96. The minimum absolute atomic E-state index is 0.596. The molecule has 0 aliphatic rings. The molecule has 0 fully saturated rings. The van der Waals surface area contributed by atoms with E-state index in [1.54, 1.807) is 0 Å². The van der Waals surface area contributed by atoms with E-state index in [9.17, 15) is 0 Å². The zero-order chi connectivity index (χ0) is 38.4. The molecule has 0 aliphatic carbocycles. The van der Waals surface area contributed by atoms with Crippen molar-refractivity contribution in [1.29, 1.82) is 0 Å². The van der Waals surface area contributed by atoms with Gasteiger partial charge >= 0.3 is 0 Å². The van der Waals surface area contributed by atoms with E-state index in [4.69, 9.17) is 24.4 Å². The highest BCUT2D eigenvalue weighted by Gasteiger charge is 2.17. The van der Waals surface area contributed by atoms with Gasteiger partial charge in [-0.1, -0.05) is 97.1 Å². The summed E-state index contributed by atoms with van der Waals surface area (Å²) in [4.78, 5) is 21.6. The molecule has 4 aromatic heterocycles. The third-order valence-electron chi connectivity index (χ3n) is 10.7. The summed E-state index contributed by atoms with van der Waals surface area (Å²) in [6, 6.07) is 65.1. The molecule has 0 atom stereocenters. The van der Waals surface area contributed by atoms with Crippen LogP contribution in [0.25, 0.3) is 88.8 Å². The molecule has 0 unspecified atom stereocenters. The van der Waals surface area contributed by atoms with Gasteiger partial charge in [0.25, 0.3) is 0 Å². The van der Waals surface area contributed by atoms with Crippen LogP contribution in [0.4, 0.5) is 17.1 Å². The third kappa shape index (κ3) is 6.10. The van der Waals surface area contributed by atoms with Crippen LogP contribution in [0.15, 0.2) is 205 Å². The molecule has 0 bridgehead atoms. The molecule has 0 saturated carbocycles. The third-order valence-corrected chi connectivity index (χ3v) is 10.7. The summed E-state index contributed by atoms with van der Waals surface area (Å²) in [6.45, 7) is 0. The molecule has 0 saturated heterocycles. The normalized spacial score (nSPS) is 11.4. The average Bonchev–Trinajstić information content (AvgIpc) is 3.74. The fraction of sp³-hybridized carbons (Fsp3) is 0. The summed E-state index contributed by atoms with van der Waals surface area (Å²) >= 11 is 0. The van der Waals surface area contributed by atoms with E-state index in [0.29, 0.717) is 5.89 Å². The van der Waals surface area contributed by atoms with Crippen LogP contribution >= 0.6 is 0 Å². The molecule has 0 aliphatic heterocycles. The van der Waals surface area contributed by atoms with Crippen LogP contribution in [0.2, 0.25) is 0 Å². The Balaban J connectivity index is 0.988. The molecule has 0 spiro atoms. The molecule has 6 heteroatoms. The minimum Gasteiger partial charge on any atom is -0.436 e. The van der Waals surface area contributed by atoms with Gasteiger partial charge in [0.2, 0.25) is 5.89 Å². The second-order valence-electron chi connectivity index (χ2n) is 14.4. The smallest absolute Gasteiger partial charge is 0.227 e. The van der Waals surface area contributed by atoms with Gasteiger partial charge in [-0.3, -0.25) is 9.97 Å². The van der Waals surface area contributed by atoms with Crippen LogP contribution in [0.5, 0.6) is 0 Å². The highest BCUT2D eigenvalue weighted by atomic mass is 16.3. The highest BCUT2D eigenvalue weighted by Crippen LogP contribution is 2.39. The monoisotopic (exact) mass is 743 g/mol. The Morgan fingerprint density at radius 3 is 1.88 bits per heavy atom. The molecular weight excluding hydrogens is 711 g/mol. The van der Waals surface area contributed by atoms with E-state index in [1.165, 1.54) is 5.39 Å². The quantitative estimate of drug-likeness (QED) is 0.162. The van der Waals surface area contributed by atoms with Crippen molar-refractivity contribution >= 4 is 60.7 Å². The molecule has 272 valence electrons. The van der Waals surface area contributed by atoms with E-state index in [0.717, 1.165) is 94.6 Å². The second kappa shape index (κ2) is 14.0. The topological polar surface area (TPSA) is 67.9 Å². The maximum Gasteiger partial charge on any atom is 0.227 e. The maximum absolute atomic E-state index is 6.11. The van der Waals surface area contributed by atoms with Gasteiger partial charge in [0.1, 0.15) is 5.52 Å². The lowest BCUT2D eigenvalue weighted by Gasteiger charge is -2.26. The van der Waals surface area contributed by atoms with Gasteiger partial charge in [-0.2, -0.15) is 0 Å². The van der Waals surface area contributed by atoms with E-state index >= 15 is 0 Å². The van der Waals surface area contributed by atoms with Gasteiger partial charge in [-0.25, -0.2) is 9.97 Å². The van der Waals surface area contributed by atoms with Gasteiger partial charge in [0.15, 0.2) is 5.58 Å². The molecular formula is C52H33N5O. The Bertz CT molecular complexity index is 3250. The Labute approximate surface area is 334 Å². The van der Waals surface area contributed by atoms with Gasteiger partial charge < -0.3 is 9.32 Å². The van der Waals surface area contributed by atoms with Crippen molar-refractivity contribution in [3.05, 3.63) is 200 Å². The number of hydrogen-bond acceptors (Lipinski definition) is 6. The first kappa shape index (κ1) is 33.4. The highest BCUT2D eigenvalue weighted by molar-refractivity contribution is 5.95. The van der Waals surface area contributed by atoms with Crippen molar-refractivity contribution in [2.75, 3.05) is 4.90 Å². The molecule has 58 heavy (non-hydrogen) atoms. The fourth-order valence-corrected chi connectivity index (χ4v) is 7.80. The lowest BCUT2D eigenvalue weighted by atomic mass is 10.0. The molecule has 6 nitrogen and oxygen atoms in total. The summed E-state index contributed by atoms with van der Waals surface area (Å²) in [7, 11) is 0. The summed E-state index contributed by atoms with van der Waals surface area (Å²) < 4.78 is 6.11. The van der Waals surface area contributed by atoms with E-state index in [-0.39, 0.29) is 0 Å². The summed E-state index contributed by atoms with van der Waals surface area (Å²) in [5.74, 6) is 0.596. The fourth-order valence-electron chi connectivity index (χ4n) is 7.80. The van der Waals surface area contributed by atoms with Crippen molar-refractivity contribution in [3.63, 3.8) is 0 Å². The average molecular weight is 744 g/mol. The number of rotatable bonds is 7. The van der Waals surface area contributed by atoms with Crippen molar-refractivity contribution in [2.24, 2.45) is 0 Å². The van der Waals surface area contributed by atoms with Crippen LogP contribution in [-0.2, 0) is 0 Å². The number of pyridine rings is 3. The summed E-state index contributed by atoms with van der Waals surface area (Å²) in [6.07, 6.45) is 3.78. The second-order valence-corrected chi connectivity index (χ2v) is 14.4. The van der Waals surface area contributed by atoms with Gasteiger partial charge in [0.05, 0.1) is 22.4 Å². The number of anilines is 3. The standard InChI is InChI=1S/C52H33N5O/c1-2-9-34(10-3-1)45-32-49(55-47-14-8-28-53-51(45)47)35-18-23-42(24-19-35)57(43-25-20-36(21-26-43)52-56-46-13-6-7-15-50(46)58-52)44-27-22-38-29-40(17-16-39(38)30-44)48-31-37-11-4-5-12-41(37)33-54-48/h1-33H.